The zero-order chi connectivity index (χ0) is 11.3. The van der Waals surface area contributed by atoms with Gasteiger partial charge >= 0.3 is 0 Å². The van der Waals surface area contributed by atoms with Gasteiger partial charge in [-0.3, -0.25) is 4.79 Å². The van der Waals surface area contributed by atoms with Crippen LogP contribution >= 0.6 is 11.6 Å². The molecule has 1 N–H and O–H groups in total. The van der Waals surface area contributed by atoms with E-state index in [2.05, 4.69) is 10.2 Å². The molecule has 1 heterocycles. The van der Waals surface area contributed by atoms with Gasteiger partial charge in [-0.25, -0.2) is 0 Å². The minimum Gasteiger partial charge on any atom is -0.372 e. The lowest BCUT2D eigenvalue weighted by molar-refractivity contribution is -0.120. The highest BCUT2D eigenvalue weighted by atomic mass is 35.5. The molecule has 16 heavy (non-hydrogen) atoms. The van der Waals surface area contributed by atoms with Crippen molar-refractivity contribution in [1.29, 1.82) is 0 Å². The summed E-state index contributed by atoms with van der Waals surface area (Å²) in [5.74, 6) is 0.117. The molecule has 3 rings (SSSR count). The van der Waals surface area contributed by atoms with Crippen molar-refractivity contribution in [2.24, 2.45) is 5.41 Å². The van der Waals surface area contributed by atoms with Crippen LogP contribution < -0.4 is 10.2 Å². The number of carbonyl (C=O) groups is 1. The van der Waals surface area contributed by atoms with E-state index in [1.54, 1.807) is 6.07 Å². The number of anilines is 2. The Morgan fingerprint density at radius 1 is 1.44 bits per heavy atom. The summed E-state index contributed by atoms with van der Waals surface area (Å²) in [6.45, 7) is 0.784. The topological polar surface area (TPSA) is 32.3 Å². The minimum atomic E-state index is -0.170. The summed E-state index contributed by atoms with van der Waals surface area (Å²) in [6, 6.07) is 5.71. The molecule has 1 aliphatic carbocycles. The Morgan fingerprint density at radius 2 is 2.19 bits per heavy atom. The summed E-state index contributed by atoms with van der Waals surface area (Å²) in [6.07, 6.45) is 1.96. The van der Waals surface area contributed by atoms with E-state index in [1.165, 1.54) is 0 Å². The van der Waals surface area contributed by atoms with Crippen molar-refractivity contribution in [2.45, 2.75) is 12.8 Å². The number of carbonyl (C=O) groups excluding carboxylic acids is 1. The first-order chi connectivity index (χ1) is 7.62. The van der Waals surface area contributed by atoms with Gasteiger partial charge in [0.1, 0.15) is 0 Å². The molecule has 1 aromatic rings. The second-order valence-electron chi connectivity index (χ2n) is 4.72. The number of nitrogens with one attached hydrogen (secondary N) is 1. The monoisotopic (exact) mass is 236 g/mol. The molecular formula is C12H13ClN2O. The molecule has 1 saturated carbocycles. The number of nitrogens with zero attached hydrogens (tertiary/aromatic N) is 1. The van der Waals surface area contributed by atoms with Gasteiger partial charge in [0.15, 0.2) is 0 Å². The van der Waals surface area contributed by atoms with Crippen LogP contribution in [0.2, 0.25) is 5.02 Å². The van der Waals surface area contributed by atoms with E-state index in [0.29, 0.717) is 5.02 Å². The maximum Gasteiger partial charge on any atom is 0.232 e. The molecule has 0 saturated heterocycles. The van der Waals surface area contributed by atoms with Gasteiger partial charge in [-0.15, -0.1) is 0 Å². The van der Waals surface area contributed by atoms with E-state index in [9.17, 15) is 4.79 Å². The number of hydrogen-bond acceptors (Lipinski definition) is 2. The molecule has 4 heteroatoms. The van der Waals surface area contributed by atoms with Crippen molar-refractivity contribution >= 4 is 28.9 Å². The Morgan fingerprint density at radius 3 is 2.88 bits per heavy atom. The molecule has 1 aliphatic heterocycles. The maximum absolute atomic E-state index is 12.1. The third kappa shape index (κ3) is 1.31. The number of fused-ring (bicyclic) bond motifs is 1. The molecule has 0 atom stereocenters. The lowest BCUT2D eigenvalue weighted by Crippen LogP contribution is -2.31. The van der Waals surface area contributed by atoms with Crippen molar-refractivity contribution in [3.05, 3.63) is 23.2 Å². The van der Waals surface area contributed by atoms with Crippen molar-refractivity contribution in [2.75, 3.05) is 23.8 Å². The van der Waals surface area contributed by atoms with Crippen molar-refractivity contribution in [3.8, 4) is 0 Å². The molecule has 0 unspecified atom stereocenters. The van der Waals surface area contributed by atoms with Crippen LogP contribution in [0.5, 0.6) is 0 Å². The summed E-state index contributed by atoms with van der Waals surface area (Å²) in [5, 5.41) is 3.57. The van der Waals surface area contributed by atoms with Gasteiger partial charge in [-0.2, -0.15) is 0 Å². The predicted molar refractivity (Wildman–Crippen MR) is 65.0 cm³/mol. The number of hydrogen-bond donors (Lipinski definition) is 1. The fourth-order valence-corrected chi connectivity index (χ4v) is 2.56. The Hall–Kier alpha value is -1.22. The lowest BCUT2D eigenvalue weighted by Gasteiger charge is -2.21. The van der Waals surface area contributed by atoms with E-state index in [-0.39, 0.29) is 11.3 Å². The Balaban J connectivity index is 2.10. The van der Waals surface area contributed by atoms with Gasteiger partial charge in [0, 0.05) is 13.6 Å². The summed E-state index contributed by atoms with van der Waals surface area (Å²) < 4.78 is 0. The van der Waals surface area contributed by atoms with Crippen LogP contribution in [0.1, 0.15) is 12.8 Å². The van der Waals surface area contributed by atoms with Crippen LogP contribution in [0.4, 0.5) is 11.4 Å². The molecule has 0 radical (unpaired) electrons. The maximum atomic E-state index is 12.1. The fourth-order valence-electron chi connectivity index (χ4n) is 2.35. The average molecular weight is 237 g/mol. The van der Waals surface area contributed by atoms with Crippen molar-refractivity contribution in [3.63, 3.8) is 0 Å². The van der Waals surface area contributed by atoms with E-state index < -0.39 is 0 Å². The van der Waals surface area contributed by atoms with Crippen LogP contribution in [0.25, 0.3) is 0 Å². The number of rotatable bonds is 0. The molecule has 84 valence electrons. The van der Waals surface area contributed by atoms with Crippen molar-refractivity contribution in [1.82, 2.24) is 0 Å². The van der Waals surface area contributed by atoms with Gasteiger partial charge in [0.25, 0.3) is 0 Å². The van der Waals surface area contributed by atoms with E-state index >= 15 is 0 Å². The summed E-state index contributed by atoms with van der Waals surface area (Å²) in [4.78, 5) is 14.2. The molecular weight excluding hydrogens is 224 g/mol. The highest BCUT2D eigenvalue weighted by Gasteiger charge is 2.52. The first-order valence-corrected chi connectivity index (χ1v) is 5.81. The number of para-hydroxylation sites is 1. The second-order valence-corrected chi connectivity index (χ2v) is 5.13. The summed E-state index contributed by atoms with van der Waals surface area (Å²) in [5.41, 5.74) is 1.59. The van der Waals surface area contributed by atoms with Crippen LogP contribution in [-0.4, -0.2) is 19.5 Å². The predicted octanol–water partition coefficient (Wildman–Crippen LogP) is 2.51. The zero-order valence-corrected chi connectivity index (χ0v) is 9.84. The van der Waals surface area contributed by atoms with Gasteiger partial charge in [0.2, 0.25) is 5.91 Å². The Kier molecular flexibility index (Phi) is 1.96. The van der Waals surface area contributed by atoms with Gasteiger partial charge in [-0.05, 0) is 25.0 Å². The lowest BCUT2D eigenvalue weighted by atomic mass is 10.1. The highest BCUT2D eigenvalue weighted by molar-refractivity contribution is 6.34. The quantitative estimate of drug-likeness (QED) is 0.751. The van der Waals surface area contributed by atoms with Gasteiger partial charge < -0.3 is 10.2 Å². The minimum absolute atomic E-state index is 0.117. The summed E-state index contributed by atoms with van der Waals surface area (Å²) in [7, 11) is 2.01. The zero-order valence-electron chi connectivity index (χ0n) is 9.09. The van der Waals surface area contributed by atoms with Crippen molar-refractivity contribution < 1.29 is 4.79 Å². The SMILES string of the molecule is CN1CC2(CC2)C(=O)Nc2c(Cl)cccc21. The van der Waals surface area contributed by atoms with Crippen LogP contribution in [-0.2, 0) is 4.79 Å². The molecule has 2 aliphatic rings. The number of halogens is 1. The third-order valence-electron chi connectivity index (χ3n) is 3.52. The largest absolute Gasteiger partial charge is 0.372 e. The highest BCUT2D eigenvalue weighted by Crippen LogP contribution is 2.50. The summed E-state index contributed by atoms with van der Waals surface area (Å²) >= 11 is 6.12. The molecule has 3 nitrogen and oxygen atoms in total. The van der Waals surface area contributed by atoms with Gasteiger partial charge in [0.05, 0.1) is 21.8 Å². The molecule has 1 fully saturated rings. The van der Waals surface area contributed by atoms with Crippen LogP contribution in [0.15, 0.2) is 18.2 Å². The van der Waals surface area contributed by atoms with Gasteiger partial charge in [-0.1, -0.05) is 17.7 Å². The van der Waals surface area contributed by atoms with E-state index in [1.807, 2.05) is 19.2 Å². The molecule has 0 aromatic heterocycles. The standard InChI is InChI=1S/C12H13ClN2O/c1-15-7-12(5-6-12)11(16)14-10-8(13)3-2-4-9(10)15/h2-4H,5-7H2,1H3,(H,14,16). The molecule has 1 spiro atoms. The molecule has 1 aromatic carbocycles. The van der Waals surface area contributed by atoms with Crippen LogP contribution in [0.3, 0.4) is 0 Å². The molecule has 1 amide bonds. The molecule has 0 bridgehead atoms. The van der Waals surface area contributed by atoms with E-state index in [0.717, 1.165) is 30.8 Å². The average Bonchev–Trinajstić information content (AvgIpc) is 3.01. The third-order valence-corrected chi connectivity index (χ3v) is 3.83. The first kappa shape index (κ1) is 9.97. The Labute approximate surface area is 99.4 Å². The second kappa shape index (κ2) is 3.14. The van der Waals surface area contributed by atoms with Crippen LogP contribution in [0, 0.1) is 5.41 Å². The van der Waals surface area contributed by atoms with E-state index in [4.69, 9.17) is 11.6 Å². The first-order valence-electron chi connectivity index (χ1n) is 5.43. The smallest absolute Gasteiger partial charge is 0.232 e. The Bertz CT molecular complexity index is 468. The number of amides is 1. The number of benzene rings is 1. The normalized spacial score (nSPS) is 21.4. The fraction of sp³-hybridized carbons (Fsp3) is 0.417.